The van der Waals surface area contributed by atoms with E-state index < -0.39 is 6.09 Å². The van der Waals surface area contributed by atoms with E-state index in [1.54, 1.807) is 50.2 Å². The lowest BCUT2D eigenvalue weighted by molar-refractivity contribution is -0.0431. The summed E-state index contributed by atoms with van der Waals surface area (Å²) >= 11 is 5.92. The van der Waals surface area contributed by atoms with E-state index in [0.29, 0.717) is 35.4 Å². The van der Waals surface area contributed by atoms with Crippen LogP contribution >= 0.6 is 11.6 Å². The second-order valence-corrected chi connectivity index (χ2v) is 4.95. The van der Waals surface area contributed by atoms with Crippen molar-refractivity contribution in [2.45, 2.75) is 13.8 Å². The summed E-state index contributed by atoms with van der Waals surface area (Å²) in [5.41, 5.74) is 0. The van der Waals surface area contributed by atoms with Gasteiger partial charge in [-0.25, -0.2) is 4.79 Å². The standard InChI is InChI=1S/C17H18ClNO4/c1-3-19(17(20)21-4-2)23-15-10-8-14(9-11-15)22-16-7-5-6-13(18)12-16/h5-12H,3-4H2,1-2H3. The lowest BCUT2D eigenvalue weighted by Crippen LogP contribution is -2.34. The van der Waals surface area contributed by atoms with Crippen molar-refractivity contribution in [3.05, 3.63) is 53.6 Å². The summed E-state index contributed by atoms with van der Waals surface area (Å²) in [5.74, 6) is 1.80. The Hall–Kier alpha value is -2.40. The smallest absolute Gasteiger partial charge is 0.443 e. The van der Waals surface area contributed by atoms with Crippen molar-refractivity contribution in [3.8, 4) is 17.2 Å². The van der Waals surface area contributed by atoms with Gasteiger partial charge in [0.15, 0.2) is 5.75 Å². The molecule has 1 amide bonds. The van der Waals surface area contributed by atoms with Crippen molar-refractivity contribution in [2.75, 3.05) is 13.2 Å². The van der Waals surface area contributed by atoms with Crippen LogP contribution in [0, 0.1) is 0 Å². The Kier molecular flexibility index (Phi) is 6.11. The minimum atomic E-state index is -0.519. The molecule has 0 saturated heterocycles. The minimum Gasteiger partial charge on any atom is -0.457 e. The van der Waals surface area contributed by atoms with Gasteiger partial charge in [0.05, 0.1) is 13.2 Å². The fourth-order valence-electron chi connectivity index (χ4n) is 1.79. The van der Waals surface area contributed by atoms with Crippen LogP contribution in [0.25, 0.3) is 0 Å². The molecular weight excluding hydrogens is 318 g/mol. The van der Waals surface area contributed by atoms with Crippen LogP contribution in [0.3, 0.4) is 0 Å². The predicted molar refractivity (Wildman–Crippen MR) is 88.0 cm³/mol. The highest BCUT2D eigenvalue weighted by molar-refractivity contribution is 6.30. The Morgan fingerprint density at radius 2 is 1.74 bits per heavy atom. The summed E-state index contributed by atoms with van der Waals surface area (Å²) in [6.45, 7) is 4.21. The number of hydroxylamine groups is 2. The van der Waals surface area contributed by atoms with Gasteiger partial charge in [-0.05, 0) is 56.3 Å². The molecule has 23 heavy (non-hydrogen) atoms. The van der Waals surface area contributed by atoms with E-state index in [1.165, 1.54) is 0 Å². The molecule has 0 aliphatic rings. The number of hydrogen-bond acceptors (Lipinski definition) is 4. The molecule has 6 heteroatoms. The Morgan fingerprint density at radius 1 is 1.04 bits per heavy atom. The molecule has 0 fully saturated rings. The summed E-state index contributed by atoms with van der Waals surface area (Å²) in [6.07, 6.45) is -0.519. The first-order valence-corrected chi connectivity index (χ1v) is 7.66. The molecule has 2 rings (SSSR count). The van der Waals surface area contributed by atoms with Crippen LogP contribution in [-0.4, -0.2) is 24.3 Å². The van der Waals surface area contributed by atoms with Crippen LogP contribution in [0.15, 0.2) is 48.5 Å². The lowest BCUT2D eigenvalue weighted by Gasteiger charge is -2.19. The van der Waals surface area contributed by atoms with Gasteiger partial charge in [-0.15, -0.1) is 5.06 Å². The lowest BCUT2D eigenvalue weighted by atomic mass is 10.3. The highest BCUT2D eigenvalue weighted by atomic mass is 35.5. The van der Waals surface area contributed by atoms with E-state index in [4.69, 9.17) is 25.9 Å². The first-order valence-electron chi connectivity index (χ1n) is 7.28. The summed E-state index contributed by atoms with van der Waals surface area (Å²) in [6, 6.07) is 14.0. The number of amides is 1. The average molecular weight is 336 g/mol. The largest absolute Gasteiger partial charge is 0.457 e. The predicted octanol–water partition coefficient (Wildman–Crippen LogP) is 4.90. The molecule has 0 spiro atoms. The van der Waals surface area contributed by atoms with E-state index >= 15 is 0 Å². The Labute approximate surface area is 140 Å². The van der Waals surface area contributed by atoms with Crippen molar-refractivity contribution >= 4 is 17.7 Å². The Morgan fingerprint density at radius 3 is 2.35 bits per heavy atom. The molecule has 2 aromatic rings. The van der Waals surface area contributed by atoms with Gasteiger partial charge >= 0.3 is 6.09 Å². The van der Waals surface area contributed by atoms with Gasteiger partial charge in [0.2, 0.25) is 0 Å². The first-order chi connectivity index (χ1) is 11.1. The van der Waals surface area contributed by atoms with Crippen LogP contribution < -0.4 is 9.57 Å². The van der Waals surface area contributed by atoms with E-state index in [2.05, 4.69) is 0 Å². The highest BCUT2D eigenvalue weighted by Crippen LogP contribution is 2.26. The molecule has 2 aromatic carbocycles. The molecule has 0 radical (unpaired) electrons. The van der Waals surface area contributed by atoms with E-state index in [1.807, 2.05) is 12.1 Å². The van der Waals surface area contributed by atoms with Crippen LogP contribution in [0.4, 0.5) is 4.79 Å². The van der Waals surface area contributed by atoms with Crippen LogP contribution in [-0.2, 0) is 4.74 Å². The minimum absolute atomic E-state index is 0.297. The summed E-state index contributed by atoms with van der Waals surface area (Å²) in [7, 11) is 0. The van der Waals surface area contributed by atoms with E-state index in [-0.39, 0.29) is 0 Å². The van der Waals surface area contributed by atoms with E-state index in [9.17, 15) is 4.79 Å². The molecule has 0 heterocycles. The molecule has 0 aromatic heterocycles. The molecule has 5 nitrogen and oxygen atoms in total. The fraction of sp³-hybridized carbons (Fsp3) is 0.235. The quantitative estimate of drug-likeness (QED) is 0.704. The molecule has 0 aliphatic heterocycles. The van der Waals surface area contributed by atoms with Crippen molar-refractivity contribution in [1.82, 2.24) is 5.06 Å². The zero-order valence-corrected chi connectivity index (χ0v) is 13.7. The molecule has 122 valence electrons. The van der Waals surface area contributed by atoms with Gasteiger partial charge in [0.25, 0.3) is 0 Å². The van der Waals surface area contributed by atoms with Gasteiger partial charge in [0.1, 0.15) is 11.5 Å². The molecule has 0 N–H and O–H groups in total. The fourth-order valence-corrected chi connectivity index (χ4v) is 1.97. The van der Waals surface area contributed by atoms with E-state index in [0.717, 1.165) is 5.06 Å². The summed E-state index contributed by atoms with van der Waals surface area (Å²) in [4.78, 5) is 17.1. The molecule has 0 unspecified atom stereocenters. The monoisotopic (exact) mass is 335 g/mol. The Bertz CT molecular complexity index is 645. The Balaban J connectivity index is 2.00. The number of hydrogen-bond donors (Lipinski definition) is 0. The first kappa shape index (κ1) is 17.0. The molecule has 0 saturated carbocycles. The third-order valence-corrected chi connectivity index (χ3v) is 3.06. The average Bonchev–Trinajstić information content (AvgIpc) is 2.54. The van der Waals surface area contributed by atoms with Gasteiger partial charge in [0, 0.05) is 5.02 Å². The third kappa shape index (κ3) is 5.07. The number of carbonyl (C=O) groups is 1. The van der Waals surface area contributed by atoms with Crippen molar-refractivity contribution in [2.24, 2.45) is 0 Å². The zero-order valence-electron chi connectivity index (χ0n) is 13.0. The van der Waals surface area contributed by atoms with Crippen LogP contribution in [0.1, 0.15) is 13.8 Å². The second-order valence-electron chi connectivity index (χ2n) is 4.52. The number of benzene rings is 2. The van der Waals surface area contributed by atoms with Crippen LogP contribution in [0.2, 0.25) is 5.02 Å². The zero-order chi connectivity index (χ0) is 16.7. The summed E-state index contributed by atoms with van der Waals surface area (Å²) < 4.78 is 10.6. The number of ether oxygens (including phenoxy) is 2. The van der Waals surface area contributed by atoms with Crippen molar-refractivity contribution < 1.29 is 19.1 Å². The van der Waals surface area contributed by atoms with Gasteiger partial charge in [-0.1, -0.05) is 17.7 Å². The molecular formula is C17H18ClNO4. The maximum Gasteiger partial charge on any atom is 0.443 e. The maximum absolute atomic E-state index is 11.7. The van der Waals surface area contributed by atoms with Crippen molar-refractivity contribution in [1.29, 1.82) is 0 Å². The number of halogens is 1. The maximum atomic E-state index is 11.7. The number of carbonyl (C=O) groups excluding carboxylic acids is 1. The third-order valence-electron chi connectivity index (χ3n) is 2.83. The topological polar surface area (TPSA) is 48.0 Å². The molecule has 0 bridgehead atoms. The molecule has 0 atom stereocenters. The normalized spacial score (nSPS) is 10.0. The number of nitrogens with zero attached hydrogens (tertiary/aromatic N) is 1. The second kappa shape index (κ2) is 8.29. The van der Waals surface area contributed by atoms with Gasteiger partial charge < -0.3 is 14.3 Å². The van der Waals surface area contributed by atoms with Crippen molar-refractivity contribution in [3.63, 3.8) is 0 Å². The summed E-state index contributed by atoms with van der Waals surface area (Å²) in [5, 5.41) is 1.76. The number of rotatable bonds is 6. The van der Waals surface area contributed by atoms with Gasteiger partial charge in [-0.3, -0.25) is 0 Å². The van der Waals surface area contributed by atoms with Crippen LogP contribution in [0.5, 0.6) is 17.2 Å². The SMILES string of the molecule is CCOC(=O)N(CC)Oc1ccc(Oc2cccc(Cl)c2)cc1. The highest BCUT2D eigenvalue weighted by Gasteiger charge is 2.14. The molecule has 0 aliphatic carbocycles. The van der Waals surface area contributed by atoms with Gasteiger partial charge in [-0.2, -0.15) is 0 Å².